The van der Waals surface area contributed by atoms with Gasteiger partial charge in [0.05, 0.1) is 11.6 Å². The van der Waals surface area contributed by atoms with Crippen LogP contribution in [-0.2, 0) is 11.3 Å². The second kappa shape index (κ2) is 7.79. The maximum Gasteiger partial charge on any atom is 0.250 e. The Morgan fingerprint density at radius 3 is 2.59 bits per heavy atom. The van der Waals surface area contributed by atoms with Crippen molar-refractivity contribution in [1.82, 2.24) is 4.57 Å². The number of hydrogen-bond acceptors (Lipinski definition) is 3. The molecule has 0 aliphatic heterocycles. The van der Waals surface area contributed by atoms with E-state index in [-0.39, 0.29) is 11.5 Å². The monoisotopic (exact) mass is 295 g/mol. The molecule has 5 heteroatoms. The molecule has 0 unspecified atom stereocenters. The van der Waals surface area contributed by atoms with Crippen LogP contribution in [0.2, 0.25) is 0 Å². The van der Waals surface area contributed by atoms with Crippen molar-refractivity contribution in [2.45, 2.75) is 25.8 Å². The van der Waals surface area contributed by atoms with Crippen LogP contribution in [0.3, 0.4) is 0 Å². The number of nitriles is 1. The molecule has 5 nitrogen and oxygen atoms in total. The number of carbonyl (C=O) groups excluding carboxylic acids is 1. The molecule has 1 amide bonds. The van der Waals surface area contributed by atoms with Gasteiger partial charge in [0.25, 0.3) is 0 Å². The Balaban J connectivity index is 1.73. The number of aromatic nitrogens is 1. The lowest BCUT2D eigenvalue weighted by Gasteiger charge is -2.06. The zero-order chi connectivity index (χ0) is 15.8. The highest BCUT2D eigenvalue weighted by atomic mass is 16.1. The third-order valence-corrected chi connectivity index (χ3v) is 3.25. The molecule has 112 valence electrons. The van der Waals surface area contributed by atoms with E-state index < -0.39 is 0 Å². The number of nitrogens with zero attached hydrogens (tertiary/aromatic N) is 2. The first-order chi connectivity index (χ1) is 10.7. The van der Waals surface area contributed by atoms with E-state index in [4.69, 9.17) is 5.26 Å². The lowest BCUT2D eigenvalue weighted by molar-refractivity contribution is -0.116. The summed E-state index contributed by atoms with van der Waals surface area (Å²) in [7, 11) is 0. The summed E-state index contributed by atoms with van der Waals surface area (Å²) in [6.07, 6.45) is 3.63. The lowest BCUT2D eigenvalue weighted by atomic mass is 10.2. The summed E-state index contributed by atoms with van der Waals surface area (Å²) in [6, 6.07) is 13.8. The lowest BCUT2D eigenvalue weighted by Crippen LogP contribution is -2.18. The fourth-order valence-corrected chi connectivity index (χ4v) is 2.06. The van der Waals surface area contributed by atoms with Gasteiger partial charge in [0.1, 0.15) is 0 Å². The second-order valence-corrected chi connectivity index (χ2v) is 4.93. The molecular weight excluding hydrogens is 278 g/mol. The van der Waals surface area contributed by atoms with Crippen LogP contribution in [0.15, 0.2) is 53.5 Å². The minimum Gasteiger partial charge on any atom is -0.326 e. The molecule has 0 bridgehead atoms. The van der Waals surface area contributed by atoms with Gasteiger partial charge in [0.2, 0.25) is 11.5 Å². The summed E-state index contributed by atoms with van der Waals surface area (Å²) >= 11 is 0. The Kier molecular flexibility index (Phi) is 5.50. The maximum atomic E-state index is 11.8. The molecule has 0 atom stereocenters. The molecular formula is C17H17N3O2. The summed E-state index contributed by atoms with van der Waals surface area (Å²) in [5.74, 6) is -0.0647. The average molecular weight is 295 g/mol. The Labute approximate surface area is 128 Å². The minimum atomic E-state index is -0.0647. The van der Waals surface area contributed by atoms with Gasteiger partial charge in [-0.1, -0.05) is 6.07 Å². The molecule has 0 saturated heterocycles. The summed E-state index contributed by atoms with van der Waals surface area (Å²) < 4.78 is 1.64. The average Bonchev–Trinajstić information content (AvgIpc) is 2.54. The van der Waals surface area contributed by atoms with Crippen LogP contribution in [0.5, 0.6) is 0 Å². The van der Waals surface area contributed by atoms with Crippen molar-refractivity contribution in [1.29, 1.82) is 5.26 Å². The van der Waals surface area contributed by atoms with Crippen LogP contribution in [0.4, 0.5) is 5.69 Å². The molecule has 0 radical (unpaired) electrons. The molecule has 0 fully saturated rings. The number of anilines is 1. The first kappa shape index (κ1) is 15.5. The van der Waals surface area contributed by atoms with Crippen LogP contribution in [0.25, 0.3) is 0 Å². The molecule has 2 rings (SSSR count). The number of hydrogen-bond donors (Lipinski definition) is 1. The van der Waals surface area contributed by atoms with E-state index in [0.717, 1.165) is 6.42 Å². The van der Waals surface area contributed by atoms with Crippen molar-refractivity contribution in [3.63, 3.8) is 0 Å². The molecule has 1 heterocycles. The van der Waals surface area contributed by atoms with E-state index in [0.29, 0.717) is 30.6 Å². The van der Waals surface area contributed by atoms with Gasteiger partial charge in [-0.15, -0.1) is 0 Å². The standard InChI is InChI=1S/C17H17N3O2/c18-13-14-7-9-15(10-8-14)19-16(21)5-1-3-11-20-12-4-2-6-17(20)22/h2,4,6-10,12H,1,3,5,11H2,(H,19,21). The molecule has 22 heavy (non-hydrogen) atoms. The van der Waals surface area contributed by atoms with Crippen LogP contribution in [0.1, 0.15) is 24.8 Å². The molecule has 1 aromatic carbocycles. The van der Waals surface area contributed by atoms with Crippen molar-refractivity contribution in [2.75, 3.05) is 5.32 Å². The number of unbranched alkanes of at least 4 members (excludes halogenated alkanes) is 1. The quantitative estimate of drug-likeness (QED) is 0.832. The zero-order valence-corrected chi connectivity index (χ0v) is 12.2. The number of benzene rings is 1. The van der Waals surface area contributed by atoms with Gasteiger partial charge in [-0.2, -0.15) is 5.26 Å². The van der Waals surface area contributed by atoms with Gasteiger partial charge in [-0.05, 0) is 43.2 Å². The number of rotatable bonds is 6. The Morgan fingerprint density at radius 1 is 1.14 bits per heavy atom. The van der Waals surface area contributed by atoms with Gasteiger partial charge in [-0.3, -0.25) is 9.59 Å². The number of carbonyl (C=O) groups is 1. The predicted octanol–water partition coefficient (Wildman–Crippen LogP) is 2.53. The summed E-state index contributed by atoms with van der Waals surface area (Å²) in [6.45, 7) is 0.615. The zero-order valence-electron chi connectivity index (χ0n) is 12.2. The summed E-state index contributed by atoms with van der Waals surface area (Å²) in [5.41, 5.74) is 1.22. The van der Waals surface area contributed by atoms with Gasteiger partial charge in [0.15, 0.2) is 0 Å². The highest BCUT2D eigenvalue weighted by molar-refractivity contribution is 5.90. The normalized spacial score (nSPS) is 9.95. The number of nitrogens with one attached hydrogen (secondary N) is 1. The van der Waals surface area contributed by atoms with Crippen molar-refractivity contribution in [2.24, 2.45) is 0 Å². The first-order valence-corrected chi connectivity index (χ1v) is 7.14. The van der Waals surface area contributed by atoms with E-state index in [1.54, 1.807) is 41.1 Å². The molecule has 2 aromatic rings. The van der Waals surface area contributed by atoms with Crippen LogP contribution < -0.4 is 10.9 Å². The van der Waals surface area contributed by atoms with E-state index in [1.807, 2.05) is 12.1 Å². The third kappa shape index (κ3) is 4.60. The van der Waals surface area contributed by atoms with Crippen molar-refractivity contribution < 1.29 is 4.79 Å². The topological polar surface area (TPSA) is 74.9 Å². The highest BCUT2D eigenvalue weighted by Crippen LogP contribution is 2.10. The maximum absolute atomic E-state index is 11.8. The van der Waals surface area contributed by atoms with E-state index >= 15 is 0 Å². The Hall–Kier alpha value is -2.87. The Bertz CT molecular complexity index is 727. The molecule has 1 N–H and O–H groups in total. The van der Waals surface area contributed by atoms with Crippen molar-refractivity contribution >= 4 is 11.6 Å². The molecule has 0 aliphatic rings. The third-order valence-electron chi connectivity index (χ3n) is 3.25. The van der Waals surface area contributed by atoms with Gasteiger partial charge in [-0.25, -0.2) is 0 Å². The van der Waals surface area contributed by atoms with Crippen molar-refractivity contribution in [3.05, 3.63) is 64.6 Å². The molecule has 0 spiro atoms. The fraction of sp³-hybridized carbons (Fsp3) is 0.235. The summed E-state index contributed by atoms with van der Waals surface area (Å²) in [4.78, 5) is 23.3. The van der Waals surface area contributed by atoms with E-state index in [1.165, 1.54) is 6.07 Å². The van der Waals surface area contributed by atoms with Crippen LogP contribution in [-0.4, -0.2) is 10.5 Å². The van der Waals surface area contributed by atoms with Gasteiger partial charge < -0.3 is 9.88 Å². The van der Waals surface area contributed by atoms with Gasteiger partial charge in [0, 0.05) is 30.9 Å². The van der Waals surface area contributed by atoms with Crippen molar-refractivity contribution in [3.8, 4) is 6.07 Å². The van der Waals surface area contributed by atoms with E-state index in [9.17, 15) is 9.59 Å². The number of amides is 1. The fourth-order valence-electron chi connectivity index (χ4n) is 2.06. The SMILES string of the molecule is N#Cc1ccc(NC(=O)CCCCn2ccccc2=O)cc1. The first-order valence-electron chi connectivity index (χ1n) is 7.14. The highest BCUT2D eigenvalue weighted by Gasteiger charge is 2.03. The largest absolute Gasteiger partial charge is 0.326 e. The number of pyridine rings is 1. The molecule has 0 aliphatic carbocycles. The van der Waals surface area contributed by atoms with Crippen LogP contribution in [0, 0.1) is 11.3 Å². The second-order valence-electron chi connectivity index (χ2n) is 4.93. The number of aryl methyl sites for hydroxylation is 1. The predicted molar refractivity (Wildman–Crippen MR) is 84.3 cm³/mol. The van der Waals surface area contributed by atoms with Gasteiger partial charge >= 0.3 is 0 Å². The van der Waals surface area contributed by atoms with Crippen LogP contribution >= 0.6 is 0 Å². The minimum absolute atomic E-state index is 0.0236. The molecule has 1 aromatic heterocycles. The Morgan fingerprint density at radius 2 is 1.91 bits per heavy atom. The smallest absolute Gasteiger partial charge is 0.250 e. The van der Waals surface area contributed by atoms with E-state index in [2.05, 4.69) is 5.32 Å². The molecule has 0 saturated carbocycles. The summed E-state index contributed by atoms with van der Waals surface area (Å²) in [5, 5.41) is 11.5.